The Hall–Kier alpha value is -0.950. The molecule has 1 aliphatic heterocycles. The largest absolute Gasteiger partial charge is 0.392 e. The quantitative estimate of drug-likeness (QED) is 0.907. The zero-order valence-corrected chi connectivity index (χ0v) is 13.7. The molecule has 1 saturated heterocycles. The zero-order chi connectivity index (χ0) is 15.6. The van der Waals surface area contributed by atoms with Crippen LogP contribution in [0.4, 0.5) is 0 Å². The van der Waals surface area contributed by atoms with Gasteiger partial charge >= 0.3 is 0 Å². The van der Waals surface area contributed by atoms with Crippen molar-refractivity contribution in [3.63, 3.8) is 0 Å². The molecule has 118 valence electrons. The minimum Gasteiger partial charge on any atom is -0.392 e. The molecule has 0 bridgehead atoms. The summed E-state index contributed by atoms with van der Waals surface area (Å²) in [6, 6.07) is 5.06. The van der Waals surface area contributed by atoms with Crippen LogP contribution in [0.1, 0.15) is 24.0 Å². The van der Waals surface area contributed by atoms with Gasteiger partial charge in [-0.1, -0.05) is 12.1 Å². The number of likely N-dealkylation sites (N-methyl/N-ethyl adjacent to an activating group) is 2. The average Bonchev–Trinajstić information content (AvgIpc) is 2.46. The highest BCUT2D eigenvalue weighted by Gasteiger charge is 2.31. The number of piperidine rings is 1. The van der Waals surface area contributed by atoms with Crippen molar-refractivity contribution in [2.45, 2.75) is 37.3 Å². The number of benzene rings is 1. The number of aliphatic hydroxyl groups is 1. The molecule has 0 radical (unpaired) electrons. The maximum absolute atomic E-state index is 12.9. The van der Waals surface area contributed by atoms with E-state index in [9.17, 15) is 13.5 Å². The minimum absolute atomic E-state index is 0.00549. The molecular formula is C15H24N2O3S. The van der Waals surface area contributed by atoms with E-state index >= 15 is 0 Å². The van der Waals surface area contributed by atoms with Gasteiger partial charge in [-0.25, -0.2) is 8.42 Å². The van der Waals surface area contributed by atoms with Crippen LogP contribution < -0.4 is 0 Å². The molecule has 2 rings (SSSR count). The Bertz CT molecular complexity index is 601. The van der Waals surface area contributed by atoms with E-state index in [-0.39, 0.29) is 12.6 Å². The molecule has 1 unspecified atom stereocenters. The third-order valence-corrected chi connectivity index (χ3v) is 6.39. The molecule has 0 spiro atoms. The fourth-order valence-corrected chi connectivity index (χ4v) is 4.54. The van der Waals surface area contributed by atoms with E-state index in [1.165, 1.54) is 4.31 Å². The summed E-state index contributed by atoms with van der Waals surface area (Å²) < 4.78 is 27.2. The molecule has 1 aromatic rings. The van der Waals surface area contributed by atoms with E-state index in [1.807, 2.05) is 7.05 Å². The first-order valence-electron chi connectivity index (χ1n) is 7.24. The highest BCUT2D eigenvalue weighted by Crippen LogP contribution is 2.25. The van der Waals surface area contributed by atoms with Gasteiger partial charge in [-0.15, -0.1) is 0 Å². The first kappa shape index (κ1) is 16.4. The molecule has 1 heterocycles. The van der Waals surface area contributed by atoms with Crippen LogP contribution in [-0.2, 0) is 16.6 Å². The first-order valence-corrected chi connectivity index (χ1v) is 8.68. The molecule has 1 aromatic carbocycles. The fourth-order valence-electron chi connectivity index (χ4n) is 2.90. The summed E-state index contributed by atoms with van der Waals surface area (Å²) in [6.07, 6.45) is 1.90. The number of likely N-dealkylation sites (tertiary alicyclic amines) is 1. The topological polar surface area (TPSA) is 60.9 Å². The van der Waals surface area contributed by atoms with Crippen molar-refractivity contribution < 1.29 is 13.5 Å². The molecule has 21 heavy (non-hydrogen) atoms. The van der Waals surface area contributed by atoms with Crippen LogP contribution in [0.2, 0.25) is 0 Å². The summed E-state index contributed by atoms with van der Waals surface area (Å²) in [5, 5.41) is 9.32. The number of hydrogen-bond donors (Lipinski definition) is 1. The summed E-state index contributed by atoms with van der Waals surface area (Å²) in [6.45, 7) is 3.38. The monoisotopic (exact) mass is 312 g/mol. The van der Waals surface area contributed by atoms with Crippen LogP contribution in [0.15, 0.2) is 23.1 Å². The van der Waals surface area contributed by atoms with E-state index in [4.69, 9.17) is 0 Å². The number of nitrogens with zero attached hydrogens (tertiary/aromatic N) is 2. The number of sulfonamides is 1. The van der Waals surface area contributed by atoms with E-state index < -0.39 is 10.0 Å². The normalized spacial score (nSPS) is 20.9. The van der Waals surface area contributed by atoms with Gasteiger partial charge in [-0.2, -0.15) is 4.31 Å². The molecule has 6 heteroatoms. The predicted octanol–water partition coefficient (Wildman–Crippen LogP) is 1.20. The SMILES string of the molecule is Cc1c(CO)cccc1S(=O)(=O)N(C)C1CCCN(C)C1. The molecular weight excluding hydrogens is 288 g/mol. The molecule has 1 aliphatic rings. The fraction of sp³-hybridized carbons (Fsp3) is 0.600. The Morgan fingerprint density at radius 3 is 2.76 bits per heavy atom. The first-order chi connectivity index (χ1) is 9.87. The van der Waals surface area contributed by atoms with Crippen molar-refractivity contribution in [1.29, 1.82) is 0 Å². The third kappa shape index (κ3) is 3.29. The van der Waals surface area contributed by atoms with E-state index in [1.54, 1.807) is 32.2 Å². The van der Waals surface area contributed by atoms with Gasteiger partial charge in [-0.05, 0) is 50.6 Å². The minimum atomic E-state index is -3.53. The maximum Gasteiger partial charge on any atom is 0.243 e. The average molecular weight is 312 g/mol. The highest BCUT2D eigenvalue weighted by atomic mass is 32.2. The highest BCUT2D eigenvalue weighted by molar-refractivity contribution is 7.89. The van der Waals surface area contributed by atoms with Crippen LogP contribution >= 0.6 is 0 Å². The third-order valence-electron chi connectivity index (χ3n) is 4.34. The number of aliphatic hydroxyl groups excluding tert-OH is 1. The van der Waals surface area contributed by atoms with Gasteiger partial charge in [-0.3, -0.25) is 0 Å². The lowest BCUT2D eigenvalue weighted by molar-refractivity contribution is 0.187. The van der Waals surface area contributed by atoms with Crippen LogP contribution in [0.25, 0.3) is 0 Å². The summed E-state index contributed by atoms with van der Waals surface area (Å²) >= 11 is 0. The molecule has 0 saturated carbocycles. The van der Waals surface area contributed by atoms with Crippen molar-refractivity contribution in [3.8, 4) is 0 Å². The van der Waals surface area contributed by atoms with Gasteiger partial charge < -0.3 is 10.0 Å². The van der Waals surface area contributed by atoms with Gasteiger partial charge in [0, 0.05) is 19.6 Å². The van der Waals surface area contributed by atoms with E-state index in [0.717, 1.165) is 25.9 Å². The van der Waals surface area contributed by atoms with Crippen LogP contribution in [-0.4, -0.2) is 56.0 Å². The van der Waals surface area contributed by atoms with Crippen molar-refractivity contribution in [2.75, 3.05) is 27.2 Å². The Morgan fingerprint density at radius 2 is 2.14 bits per heavy atom. The molecule has 5 nitrogen and oxygen atoms in total. The molecule has 0 amide bonds. The van der Waals surface area contributed by atoms with Crippen LogP contribution in [0.3, 0.4) is 0 Å². The van der Waals surface area contributed by atoms with Gasteiger partial charge in [0.15, 0.2) is 0 Å². The Morgan fingerprint density at radius 1 is 1.43 bits per heavy atom. The van der Waals surface area contributed by atoms with Gasteiger partial charge in [0.2, 0.25) is 10.0 Å². The standard InChI is InChI=1S/C15H24N2O3S/c1-12-13(11-18)6-4-8-15(12)21(19,20)17(3)14-7-5-9-16(2)10-14/h4,6,8,14,18H,5,7,9-11H2,1-3H3. The maximum atomic E-state index is 12.9. The lowest BCUT2D eigenvalue weighted by atomic mass is 10.1. The molecule has 0 aromatic heterocycles. The Labute approximate surface area is 127 Å². The van der Waals surface area contributed by atoms with Crippen LogP contribution in [0.5, 0.6) is 0 Å². The lowest BCUT2D eigenvalue weighted by Gasteiger charge is -2.35. The van der Waals surface area contributed by atoms with E-state index in [0.29, 0.717) is 16.0 Å². The van der Waals surface area contributed by atoms with Gasteiger partial charge in [0.05, 0.1) is 11.5 Å². The van der Waals surface area contributed by atoms with Gasteiger partial charge in [0.1, 0.15) is 0 Å². The smallest absolute Gasteiger partial charge is 0.243 e. The van der Waals surface area contributed by atoms with Crippen LogP contribution in [0, 0.1) is 6.92 Å². The lowest BCUT2D eigenvalue weighted by Crippen LogP contribution is -2.47. The van der Waals surface area contributed by atoms with E-state index in [2.05, 4.69) is 4.90 Å². The molecule has 1 fully saturated rings. The Kier molecular flexibility index (Phi) is 5.03. The summed E-state index contributed by atoms with van der Waals surface area (Å²) in [5.74, 6) is 0. The molecule has 1 atom stereocenters. The predicted molar refractivity (Wildman–Crippen MR) is 82.6 cm³/mol. The second-order valence-electron chi connectivity index (χ2n) is 5.78. The summed E-state index contributed by atoms with van der Waals surface area (Å²) in [5.41, 5.74) is 1.29. The molecule has 0 aliphatic carbocycles. The number of rotatable bonds is 4. The second-order valence-corrected chi connectivity index (χ2v) is 7.74. The Balaban J connectivity index is 2.33. The van der Waals surface area contributed by atoms with Crippen molar-refractivity contribution in [3.05, 3.63) is 29.3 Å². The molecule has 1 N–H and O–H groups in total. The second kappa shape index (κ2) is 6.44. The van der Waals surface area contributed by atoms with Gasteiger partial charge in [0.25, 0.3) is 0 Å². The summed E-state index contributed by atoms with van der Waals surface area (Å²) in [7, 11) is 0.145. The van der Waals surface area contributed by atoms with Crippen molar-refractivity contribution in [1.82, 2.24) is 9.21 Å². The summed E-state index contributed by atoms with van der Waals surface area (Å²) in [4.78, 5) is 2.46. The number of hydrogen-bond acceptors (Lipinski definition) is 4. The van der Waals surface area contributed by atoms with Crippen molar-refractivity contribution in [2.24, 2.45) is 0 Å². The zero-order valence-electron chi connectivity index (χ0n) is 12.9. The van der Waals surface area contributed by atoms with Crippen molar-refractivity contribution >= 4 is 10.0 Å².